The van der Waals surface area contributed by atoms with E-state index < -0.39 is 0 Å². The molecule has 0 bridgehead atoms. The van der Waals surface area contributed by atoms with Crippen molar-refractivity contribution in [3.8, 4) is 11.4 Å². The van der Waals surface area contributed by atoms with E-state index in [0.29, 0.717) is 17.1 Å². The number of aromatic amines is 1. The normalized spacial score (nSPS) is 10.7. The summed E-state index contributed by atoms with van der Waals surface area (Å²) >= 11 is 0. The first kappa shape index (κ1) is 14.9. The zero-order valence-electron chi connectivity index (χ0n) is 13.2. The number of imidazole rings is 1. The Hall–Kier alpha value is -3.67. The van der Waals surface area contributed by atoms with Gasteiger partial charge in [-0.2, -0.15) is 0 Å². The van der Waals surface area contributed by atoms with Gasteiger partial charge in [0.2, 0.25) is 0 Å². The lowest BCUT2D eigenvalue weighted by Crippen LogP contribution is -2.12. The third kappa shape index (κ3) is 3.05. The Kier molecular flexibility index (Phi) is 3.63. The summed E-state index contributed by atoms with van der Waals surface area (Å²) in [4.78, 5) is 24.3. The highest BCUT2D eigenvalue weighted by Gasteiger charge is 2.10. The molecule has 1 amide bonds. The predicted octanol–water partition coefficient (Wildman–Crippen LogP) is 3.46. The van der Waals surface area contributed by atoms with Gasteiger partial charge in [0.15, 0.2) is 0 Å². The van der Waals surface area contributed by atoms with E-state index in [-0.39, 0.29) is 5.91 Å². The highest BCUT2D eigenvalue weighted by molar-refractivity contribution is 6.05. The third-order valence-electron chi connectivity index (χ3n) is 3.83. The summed E-state index contributed by atoms with van der Waals surface area (Å²) in [7, 11) is 0. The molecular formula is C19H15N5O. The van der Waals surface area contributed by atoms with E-state index in [1.807, 2.05) is 36.4 Å². The lowest BCUT2D eigenvalue weighted by molar-refractivity contribution is 0.102. The molecule has 2 aromatic carbocycles. The Bertz CT molecular complexity index is 1040. The van der Waals surface area contributed by atoms with Crippen molar-refractivity contribution < 1.29 is 4.79 Å². The summed E-state index contributed by atoms with van der Waals surface area (Å²) in [6, 6.07) is 18.2. The number of H-pyrrole nitrogens is 1. The van der Waals surface area contributed by atoms with Gasteiger partial charge in [0, 0.05) is 23.0 Å². The Balaban J connectivity index is 1.64. The molecule has 0 unspecified atom stereocenters. The minimum Gasteiger partial charge on any atom is -0.399 e. The number of hydrogen-bond donors (Lipinski definition) is 3. The van der Waals surface area contributed by atoms with Crippen LogP contribution in [0.3, 0.4) is 0 Å². The second-order valence-corrected chi connectivity index (χ2v) is 5.61. The van der Waals surface area contributed by atoms with E-state index in [2.05, 4.69) is 20.3 Å². The zero-order valence-corrected chi connectivity index (χ0v) is 13.2. The molecule has 0 aliphatic heterocycles. The Labute approximate surface area is 143 Å². The number of nitrogen functional groups attached to an aromatic ring is 1. The summed E-state index contributed by atoms with van der Waals surface area (Å²) in [5.41, 5.74) is 9.47. The molecule has 0 saturated heterocycles. The first-order chi connectivity index (χ1) is 12.2. The molecule has 0 spiro atoms. The van der Waals surface area contributed by atoms with Crippen LogP contribution in [-0.4, -0.2) is 20.9 Å². The molecule has 0 aliphatic carbocycles. The molecule has 122 valence electrons. The van der Waals surface area contributed by atoms with Crippen LogP contribution in [-0.2, 0) is 0 Å². The predicted molar refractivity (Wildman–Crippen MR) is 98.1 cm³/mol. The lowest BCUT2D eigenvalue weighted by Gasteiger charge is -2.03. The van der Waals surface area contributed by atoms with E-state index in [1.165, 1.54) is 0 Å². The number of carbonyl (C=O) groups is 1. The van der Waals surface area contributed by atoms with Crippen molar-refractivity contribution in [3.05, 3.63) is 72.4 Å². The molecule has 6 heteroatoms. The third-order valence-corrected chi connectivity index (χ3v) is 3.83. The summed E-state index contributed by atoms with van der Waals surface area (Å²) in [5.74, 6) is 1.03. The van der Waals surface area contributed by atoms with Crippen molar-refractivity contribution in [2.45, 2.75) is 0 Å². The average molecular weight is 329 g/mol. The minimum atomic E-state index is -0.218. The lowest BCUT2D eigenvalue weighted by atomic mass is 10.2. The van der Waals surface area contributed by atoms with Crippen molar-refractivity contribution >= 4 is 28.4 Å². The van der Waals surface area contributed by atoms with Gasteiger partial charge in [-0.05, 0) is 54.6 Å². The summed E-state index contributed by atoms with van der Waals surface area (Å²) in [5, 5.41) is 2.77. The van der Waals surface area contributed by atoms with Crippen LogP contribution in [0.15, 0.2) is 66.9 Å². The van der Waals surface area contributed by atoms with Crippen molar-refractivity contribution in [3.63, 3.8) is 0 Å². The number of pyridine rings is 1. The molecule has 2 heterocycles. The van der Waals surface area contributed by atoms with E-state index in [9.17, 15) is 4.79 Å². The number of hydrogen-bond acceptors (Lipinski definition) is 4. The summed E-state index contributed by atoms with van der Waals surface area (Å²) in [6.07, 6.45) is 1.63. The maximum Gasteiger partial charge on any atom is 0.256 e. The average Bonchev–Trinajstić information content (AvgIpc) is 3.06. The monoisotopic (exact) mass is 329 g/mol. The molecule has 0 fully saturated rings. The molecule has 0 atom stereocenters. The van der Waals surface area contributed by atoms with Crippen molar-refractivity contribution in [1.82, 2.24) is 15.0 Å². The zero-order chi connectivity index (χ0) is 17.2. The van der Waals surface area contributed by atoms with Gasteiger partial charge in [0.1, 0.15) is 11.6 Å². The van der Waals surface area contributed by atoms with Crippen LogP contribution in [0, 0.1) is 0 Å². The first-order valence-corrected chi connectivity index (χ1v) is 7.77. The van der Waals surface area contributed by atoms with Crippen LogP contribution in [0.5, 0.6) is 0 Å². The number of rotatable bonds is 3. The standard InChI is InChI=1S/C19H15N5O/c20-14-7-4-12(5-8-14)18-22-15-9-6-13(11-16(15)23-18)19(25)24-17-3-1-2-10-21-17/h1-11H,20H2,(H,22,23)(H,21,24,25). The topological polar surface area (TPSA) is 96.7 Å². The van der Waals surface area contributed by atoms with E-state index >= 15 is 0 Å². The van der Waals surface area contributed by atoms with Gasteiger partial charge in [-0.3, -0.25) is 4.79 Å². The van der Waals surface area contributed by atoms with Gasteiger partial charge in [0.25, 0.3) is 5.91 Å². The van der Waals surface area contributed by atoms with Crippen LogP contribution in [0.4, 0.5) is 11.5 Å². The quantitative estimate of drug-likeness (QED) is 0.501. The molecule has 0 aliphatic rings. The molecule has 6 nitrogen and oxygen atoms in total. The van der Waals surface area contributed by atoms with Crippen LogP contribution < -0.4 is 11.1 Å². The molecular weight excluding hydrogens is 314 g/mol. The number of nitrogens with two attached hydrogens (primary N) is 1. The van der Waals surface area contributed by atoms with Crippen LogP contribution in [0.1, 0.15) is 10.4 Å². The number of fused-ring (bicyclic) bond motifs is 1. The second-order valence-electron chi connectivity index (χ2n) is 5.61. The number of nitrogens with one attached hydrogen (secondary N) is 2. The number of anilines is 2. The minimum absolute atomic E-state index is 0.218. The number of carbonyl (C=O) groups excluding carboxylic acids is 1. The molecule has 0 radical (unpaired) electrons. The number of nitrogens with zero attached hydrogens (tertiary/aromatic N) is 2. The Morgan fingerprint density at radius 1 is 1.04 bits per heavy atom. The van der Waals surface area contributed by atoms with Gasteiger partial charge in [-0.25, -0.2) is 9.97 Å². The van der Waals surface area contributed by atoms with Gasteiger partial charge in [0.05, 0.1) is 11.0 Å². The van der Waals surface area contributed by atoms with Crippen molar-refractivity contribution in [2.24, 2.45) is 0 Å². The fourth-order valence-corrected chi connectivity index (χ4v) is 2.55. The van der Waals surface area contributed by atoms with Gasteiger partial charge < -0.3 is 16.0 Å². The summed E-state index contributed by atoms with van der Waals surface area (Å²) in [6.45, 7) is 0. The van der Waals surface area contributed by atoms with E-state index in [0.717, 1.165) is 22.4 Å². The molecule has 4 N–H and O–H groups in total. The second kappa shape index (κ2) is 6.09. The highest BCUT2D eigenvalue weighted by atomic mass is 16.1. The number of amides is 1. The maximum absolute atomic E-state index is 12.4. The fraction of sp³-hybridized carbons (Fsp3) is 0. The van der Waals surface area contributed by atoms with E-state index in [4.69, 9.17) is 5.73 Å². The van der Waals surface area contributed by atoms with Gasteiger partial charge >= 0.3 is 0 Å². The molecule has 2 aromatic heterocycles. The fourth-order valence-electron chi connectivity index (χ4n) is 2.55. The Morgan fingerprint density at radius 3 is 2.64 bits per heavy atom. The largest absolute Gasteiger partial charge is 0.399 e. The number of aromatic nitrogens is 3. The van der Waals surface area contributed by atoms with Gasteiger partial charge in [-0.15, -0.1) is 0 Å². The summed E-state index contributed by atoms with van der Waals surface area (Å²) < 4.78 is 0. The van der Waals surface area contributed by atoms with Crippen LogP contribution >= 0.6 is 0 Å². The molecule has 0 saturated carbocycles. The molecule has 25 heavy (non-hydrogen) atoms. The SMILES string of the molecule is Nc1ccc(-c2nc3ccc(C(=O)Nc4ccccn4)cc3[nH]2)cc1. The maximum atomic E-state index is 12.4. The van der Waals surface area contributed by atoms with Crippen LogP contribution in [0.2, 0.25) is 0 Å². The smallest absolute Gasteiger partial charge is 0.256 e. The van der Waals surface area contributed by atoms with E-state index in [1.54, 1.807) is 30.5 Å². The Morgan fingerprint density at radius 2 is 1.88 bits per heavy atom. The molecule has 4 aromatic rings. The first-order valence-electron chi connectivity index (χ1n) is 7.77. The van der Waals surface area contributed by atoms with Crippen LogP contribution in [0.25, 0.3) is 22.4 Å². The highest BCUT2D eigenvalue weighted by Crippen LogP contribution is 2.22. The number of benzene rings is 2. The van der Waals surface area contributed by atoms with Crippen molar-refractivity contribution in [1.29, 1.82) is 0 Å². The van der Waals surface area contributed by atoms with Crippen molar-refractivity contribution in [2.75, 3.05) is 11.1 Å². The molecule has 4 rings (SSSR count). The van der Waals surface area contributed by atoms with Gasteiger partial charge in [-0.1, -0.05) is 6.07 Å².